The SMILES string of the molecule is COc1ccc(NC(C(=O)O)c2c(Cl)cccc2Cl)cc1. The molecule has 0 aliphatic rings. The molecule has 0 spiro atoms. The fraction of sp³-hybridized carbons (Fsp3) is 0.133. The molecule has 0 bridgehead atoms. The summed E-state index contributed by atoms with van der Waals surface area (Å²) in [6, 6.07) is 10.7. The Bertz CT molecular complexity index is 624. The van der Waals surface area contributed by atoms with Gasteiger partial charge in [0.05, 0.1) is 7.11 Å². The van der Waals surface area contributed by atoms with E-state index in [-0.39, 0.29) is 0 Å². The number of rotatable bonds is 5. The number of halogens is 2. The number of carboxylic acids is 1. The minimum absolute atomic E-state index is 0.302. The van der Waals surface area contributed by atoms with E-state index in [0.717, 1.165) is 0 Å². The van der Waals surface area contributed by atoms with Gasteiger partial charge in [-0.3, -0.25) is 0 Å². The monoisotopic (exact) mass is 325 g/mol. The van der Waals surface area contributed by atoms with Gasteiger partial charge < -0.3 is 15.2 Å². The molecule has 2 aromatic rings. The van der Waals surface area contributed by atoms with Gasteiger partial charge in [-0.2, -0.15) is 0 Å². The largest absolute Gasteiger partial charge is 0.497 e. The van der Waals surface area contributed by atoms with Gasteiger partial charge >= 0.3 is 5.97 Å². The van der Waals surface area contributed by atoms with Crippen LogP contribution in [0.3, 0.4) is 0 Å². The van der Waals surface area contributed by atoms with Crippen LogP contribution >= 0.6 is 23.2 Å². The van der Waals surface area contributed by atoms with E-state index in [1.165, 1.54) is 0 Å². The quantitative estimate of drug-likeness (QED) is 0.863. The lowest BCUT2D eigenvalue weighted by Gasteiger charge is -2.18. The van der Waals surface area contributed by atoms with Gasteiger partial charge in [0.2, 0.25) is 0 Å². The molecule has 21 heavy (non-hydrogen) atoms. The van der Waals surface area contributed by atoms with Crippen molar-refractivity contribution in [2.24, 2.45) is 0 Å². The third-order valence-electron chi connectivity index (χ3n) is 2.94. The Morgan fingerprint density at radius 3 is 2.19 bits per heavy atom. The van der Waals surface area contributed by atoms with Crippen molar-refractivity contribution >= 4 is 34.9 Å². The second kappa shape index (κ2) is 6.70. The fourth-order valence-corrected chi connectivity index (χ4v) is 2.51. The molecule has 0 heterocycles. The smallest absolute Gasteiger partial charge is 0.330 e. The first-order chi connectivity index (χ1) is 10.0. The van der Waals surface area contributed by atoms with Crippen LogP contribution in [0.25, 0.3) is 0 Å². The van der Waals surface area contributed by atoms with Crippen LogP contribution in [-0.2, 0) is 4.79 Å². The van der Waals surface area contributed by atoms with Crippen molar-refractivity contribution < 1.29 is 14.6 Å². The molecule has 1 atom stereocenters. The zero-order chi connectivity index (χ0) is 15.4. The Morgan fingerprint density at radius 2 is 1.71 bits per heavy atom. The molecule has 0 aliphatic heterocycles. The first-order valence-corrected chi connectivity index (χ1v) is 6.86. The topological polar surface area (TPSA) is 58.6 Å². The van der Waals surface area contributed by atoms with Crippen LogP contribution in [0.2, 0.25) is 10.0 Å². The summed E-state index contributed by atoms with van der Waals surface area (Å²) in [6.07, 6.45) is 0. The van der Waals surface area contributed by atoms with Gasteiger partial charge in [-0.1, -0.05) is 29.3 Å². The van der Waals surface area contributed by atoms with Crippen molar-refractivity contribution in [2.75, 3.05) is 12.4 Å². The number of hydrogen-bond donors (Lipinski definition) is 2. The standard InChI is InChI=1S/C15H13Cl2NO3/c1-21-10-7-5-9(6-8-10)18-14(15(19)20)13-11(16)3-2-4-12(13)17/h2-8,14,18H,1H3,(H,19,20). The molecule has 2 aromatic carbocycles. The molecule has 6 heteroatoms. The highest BCUT2D eigenvalue weighted by Crippen LogP contribution is 2.32. The number of hydrogen-bond acceptors (Lipinski definition) is 3. The molecule has 0 saturated carbocycles. The van der Waals surface area contributed by atoms with Crippen molar-refractivity contribution in [1.29, 1.82) is 0 Å². The van der Waals surface area contributed by atoms with Crippen molar-refractivity contribution in [2.45, 2.75) is 6.04 Å². The summed E-state index contributed by atoms with van der Waals surface area (Å²) in [4.78, 5) is 11.5. The van der Waals surface area contributed by atoms with E-state index < -0.39 is 12.0 Å². The van der Waals surface area contributed by atoms with Crippen molar-refractivity contribution in [3.8, 4) is 5.75 Å². The van der Waals surface area contributed by atoms with Crippen molar-refractivity contribution in [3.63, 3.8) is 0 Å². The predicted octanol–water partition coefficient (Wildman–Crippen LogP) is 4.24. The third kappa shape index (κ3) is 3.60. The summed E-state index contributed by atoms with van der Waals surface area (Å²) in [6.45, 7) is 0. The van der Waals surface area contributed by atoms with Gasteiger partial charge in [0, 0.05) is 21.3 Å². The Morgan fingerprint density at radius 1 is 1.14 bits per heavy atom. The van der Waals surface area contributed by atoms with Crippen LogP contribution in [0.4, 0.5) is 5.69 Å². The minimum Gasteiger partial charge on any atom is -0.497 e. The van der Waals surface area contributed by atoms with Gasteiger partial charge in [0.25, 0.3) is 0 Å². The molecule has 1 unspecified atom stereocenters. The maximum Gasteiger partial charge on any atom is 0.330 e. The number of aliphatic carboxylic acids is 1. The number of anilines is 1. The van der Waals surface area contributed by atoms with E-state index in [0.29, 0.717) is 27.0 Å². The zero-order valence-corrected chi connectivity index (χ0v) is 12.7. The maximum atomic E-state index is 11.5. The van der Waals surface area contributed by atoms with E-state index in [1.807, 2.05) is 0 Å². The summed E-state index contributed by atoms with van der Waals surface area (Å²) in [5, 5.41) is 12.9. The molecular formula is C15H13Cl2NO3. The second-order valence-electron chi connectivity index (χ2n) is 4.28. The van der Waals surface area contributed by atoms with E-state index in [1.54, 1.807) is 49.6 Å². The molecule has 0 aromatic heterocycles. The number of methoxy groups -OCH3 is 1. The van der Waals surface area contributed by atoms with Gasteiger partial charge in [0.15, 0.2) is 6.04 Å². The molecule has 0 fully saturated rings. The lowest BCUT2D eigenvalue weighted by Crippen LogP contribution is -2.21. The van der Waals surface area contributed by atoms with Gasteiger partial charge in [-0.25, -0.2) is 4.79 Å². The summed E-state index contributed by atoms with van der Waals surface area (Å²) in [7, 11) is 1.56. The lowest BCUT2D eigenvalue weighted by molar-refractivity contribution is -0.138. The first-order valence-electron chi connectivity index (χ1n) is 6.10. The molecule has 0 saturated heterocycles. The summed E-state index contributed by atoms with van der Waals surface area (Å²) >= 11 is 12.1. The van der Waals surface area contributed by atoms with Crippen LogP contribution in [0.15, 0.2) is 42.5 Å². The van der Waals surface area contributed by atoms with E-state index in [9.17, 15) is 9.90 Å². The molecule has 110 valence electrons. The Labute approximate surface area is 132 Å². The van der Waals surface area contributed by atoms with E-state index >= 15 is 0 Å². The summed E-state index contributed by atoms with van der Waals surface area (Å²) in [5.41, 5.74) is 0.961. The summed E-state index contributed by atoms with van der Waals surface area (Å²) < 4.78 is 5.06. The predicted molar refractivity (Wildman–Crippen MR) is 83.5 cm³/mol. The molecule has 2 rings (SSSR count). The van der Waals surface area contributed by atoms with E-state index in [4.69, 9.17) is 27.9 Å². The number of ether oxygens (including phenoxy) is 1. The summed E-state index contributed by atoms with van der Waals surface area (Å²) in [5.74, 6) is -0.385. The Hall–Kier alpha value is -1.91. The average Bonchev–Trinajstić information content (AvgIpc) is 2.46. The maximum absolute atomic E-state index is 11.5. The van der Waals surface area contributed by atoms with Crippen LogP contribution in [-0.4, -0.2) is 18.2 Å². The van der Waals surface area contributed by atoms with Crippen LogP contribution < -0.4 is 10.1 Å². The number of nitrogens with one attached hydrogen (secondary N) is 1. The highest BCUT2D eigenvalue weighted by molar-refractivity contribution is 6.36. The normalized spacial score (nSPS) is 11.8. The van der Waals surface area contributed by atoms with Crippen molar-refractivity contribution in [3.05, 3.63) is 58.1 Å². The Kier molecular flexibility index (Phi) is 4.94. The van der Waals surface area contributed by atoms with Crippen molar-refractivity contribution in [1.82, 2.24) is 0 Å². The van der Waals surface area contributed by atoms with E-state index in [2.05, 4.69) is 5.32 Å². The molecule has 0 aliphatic carbocycles. The fourth-order valence-electron chi connectivity index (χ4n) is 1.90. The number of benzene rings is 2. The van der Waals surface area contributed by atoms with Crippen LogP contribution in [0.1, 0.15) is 11.6 Å². The second-order valence-corrected chi connectivity index (χ2v) is 5.09. The molecule has 4 nitrogen and oxygen atoms in total. The zero-order valence-electron chi connectivity index (χ0n) is 11.1. The lowest BCUT2D eigenvalue weighted by atomic mass is 10.1. The molecule has 2 N–H and O–H groups in total. The number of carbonyl (C=O) groups is 1. The Balaban J connectivity index is 2.33. The highest BCUT2D eigenvalue weighted by atomic mass is 35.5. The molecule has 0 amide bonds. The van der Waals surface area contributed by atoms with Crippen LogP contribution in [0.5, 0.6) is 5.75 Å². The van der Waals surface area contributed by atoms with Crippen LogP contribution in [0, 0.1) is 0 Å². The van der Waals surface area contributed by atoms with Gasteiger partial charge in [-0.15, -0.1) is 0 Å². The van der Waals surface area contributed by atoms with Gasteiger partial charge in [-0.05, 0) is 36.4 Å². The highest BCUT2D eigenvalue weighted by Gasteiger charge is 2.24. The number of carboxylic acid groups (broad SMARTS) is 1. The molecular weight excluding hydrogens is 313 g/mol. The molecule has 0 radical (unpaired) electrons. The average molecular weight is 326 g/mol. The third-order valence-corrected chi connectivity index (χ3v) is 3.60. The van der Waals surface area contributed by atoms with Gasteiger partial charge in [0.1, 0.15) is 5.75 Å². The minimum atomic E-state index is -1.07. The first kappa shape index (κ1) is 15.5.